The highest BCUT2D eigenvalue weighted by atomic mass is 16.5. The van der Waals surface area contributed by atoms with Crippen LogP contribution in [0.15, 0.2) is 24.3 Å². The molecule has 1 aromatic rings. The predicted molar refractivity (Wildman–Crippen MR) is 88.7 cm³/mol. The monoisotopic (exact) mass is 320 g/mol. The van der Waals surface area contributed by atoms with Gasteiger partial charge in [0.2, 0.25) is 0 Å². The van der Waals surface area contributed by atoms with E-state index in [9.17, 15) is 9.59 Å². The van der Waals surface area contributed by atoms with Crippen molar-refractivity contribution in [3.05, 3.63) is 24.3 Å². The second-order valence-corrected chi connectivity index (χ2v) is 5.36. The van der Waals surface area contributed by atoms with Crippen LogP contribution in [0.3, 0.4) is 0 Å². The van der Waals surface area contributed by atoms with Crippen molar-refractivity contribution in [2.45, 2.75) is 0 Å². The summed E-state index contributed by atoms with van der Waals surface area (Å²) in [5.74, 6) is -0.321. The molecule has 1 saturated heterocycles. The van der Waals surface area contributed by atoms with E-state index in [-0.39, 0.29) is 0 Å². The van der Waals surface area contributed by atoms with E-state index in [1.807, 2.05) is 12.1 Å². The van der Waals surface area contributed by atoms with Crippen molar-refractivity contribution < 1.29 is 14.3 Å². The maximum Gasteiger partial charge on any atom is 0.309 e. The molecule has 1 fully saturated rings. The summed E-state index contributed by atoms with van der Waals surface area (Å²) in [6.07, 6.45) is 0. The highest BCUT2D eigenvalue weighted by Crippen LogP contribution is 2.20. The first kappa shape index (κ1) is 17.1. The van der Waals surface area contributed by atoms with Crippen LogP contribution in [0.2, 0.25) is 0 Å². The second-order valence-electron chi connectivity index (χ2n) is 5.36. The number of ether oxygens (including phenoxy) is 1. The number of hydrogen-bond acceptors (Lipinski definition) is 5. The van der Waals surface area contributed by atoms with Gasteiger partial charge in [-0.05, 0) is 24.3 Å². The number of hydrogen-bond donors (Lipinski definition) is 2. The van der Waals surface area contributed by atoms with Crippen LogP contribution in [-0.2, 0) is 9.59 Å². The first-order valence-corrected chi connectivity index (χ1v) is 7.75. The van der Waals surface area contributed by atoms with Gasteiger partial charge >= 0.3 is 11.8 Å². The Hall–Kier alpha value is -2.28. The van der Waals surface area contributed by atoms with Gasteiger partial charge in [0.15, 0.2) is 0 Å². The molecule has 0 spiro atoms. The average Bonchev–Trinajstić information content (AvgIpc) is 2.61. The third kappa shape index (κ3) is 4.85. The van der Waals surface area contributed by atoms with Crippen molar-refractivity contribution in [3.8, 4) is 5.75 Å². The number of nitrogens with one attached hydrogen (secondary N) is 2. The van der Waals surface area contributed by atoms with Crippen molar-refractivity contribution in [2.24, 2.45) is 0 Å². The number of carbonyl (C=O) groups excluding carboxylic acids is 2. The molecule has 0 radical (unpaired) electrons. The van der Waals surface area contributed by atoms with Gasteiger partial charge in [0.1, 0.15) is 5.75 Å². The second kappa shape index (κ2) is 8.38. The third-order valence-corrected chi connectivity index (χ3v) is 3.96. The van der Waals surface area contributed by atoms with E-state index in [4.69, 9.17) is 4.74 Å². The molecule has 7 heteroatoms. The summed E-state index contributed by atoms with van der Waals surface area (Å²) in [5, 5.41) is 4.92. The molecule has 0 unspecified atom stereocenters. The topological polar surface area (TPSA) is 73.9 Å². The van der Waals surface area contributed by atoms with Gasteiger partial charge in [0, 0.05) is 52.0 Å². The van der Waals surface area contributed by atoms with Crippen LogP contribution in [0, 0.1) is 0 Å². The van der Waals surface area contributed by atoms with E-state index in [0.29, 0.717) is 6.54 Å². The zero-order chi connectivity index (χ0) is 16.7. The molecule has 0 atom stereocenters. The number of anilines is 1. The van der Waals surface area contributed by atoms with Crippen molar-refractivity contribution in [3.63, 3.8) is 0 Å². The first-order chi connectivity index (χ1) is 11.1. The Labute approximate surface area is 136 Å². The molecule has 23 heavy (non-hydrogen) atoms. The van der Waals surface area contributed by atoms with Crippen LogP contribution in [-0.4, -0.2) is 70.1 Å². The molecule has 1 heterocycles. The van der Waals surface area contributed by atoms with Gasteiger partial charge < -0.3 is 20.3 Å². The van der Waals surface area contributed by atoms with Crippen molar-refractivity contribution in [2.75, 3.05) is 58.3 Å². The molecule has 1 aliphatic heterocycles. The summed E-state index contributed by atoms with van der Waals surface area (Å²) in [7, 11) is 3.11. The minimum Gasteiger partial charge on any atom is -0.497 e. The minimum atomic E-state index is -0.602. The number of amides is 2. The van der Waals surface area contributed by atoms with Gasteiger partial charge in [0.05, 0.1) is 7.11 Å². The molecule has 0 aromatic heterocycles. The molecule has 1 aromatic carbocycles. The Morgan fingerprint density at radius 3 is 2.30 bits per heavy atom. The number of rotatable bonds is 5. The number of nitrogens with zero attached hydrogens (tertiary/aromatic N) is 2. The number of methoxy groups -OCH3 is 1. The Kier molecular flexibility index (Phi) is 6.22. The zero-order valence-electron chi connectivity index (χ0n) is 13.7. The van der Waals surface area contributed by atoms with Gasteiger partial charge in [-0.25, -0.2) is 0 Å². The third-order valence-electron chi connectivity index (χ3n) is 3.96. The van der Waals surface area contributed by atoms with Gasteiger partial charge in [-0.2, -0.15) is 0 Å². The fraction of sp³-hybridized carbons (Fsp3) is 0.500. The van der Waals surface area contributed by atoms with E-state index < -0.39 is 11.8 Å². The molecule has 7 nitrogen and oxygen atoms in total. The SMILES string of the molecule is CNC(=O)C(=O)NCCN1CCN(c2ccc(OC)cc2)CC1. The minimum absolute atomic E-state index is 0.481. The molecule has 2 N–H and O–H groups in total. The summed E-state index contributed by atoms with van der Waals surface area (Å²) >= 11 is 0. The molecule has 0 saturated carbocycles. The fourth-order valence-corrected chi connectivity index (χ4v) is 2.54. The number of benzene rings is 1. The van der Waals surface area contributed by atoms with Gasteiger partial charge in [-0.1, -0.05) is 0 Å². The lowest BCUT2D eigenvalue weighted by molar-refractivity contribution is -0.138. The average molecular weight is 320 g/mol. The lowest BCUT2D eigenvalue weighted by Gasteiger charge is -2.36. The Balaban J connectivity index is 1.71. The smallest absolute Gasteiger partial charge is 0.309 e. The van der Waals surface area contributed by atoms with Gasteiger partial charge in [0.25, 0.3) is 0 Å². The van der Waals surface area contributed by atoms with E-state index in [1.54, 1.807) is 7.11 Å². The molecule has 0 bridgehead atoms. The van der Waals surface area contributed by atoms with Crippen molar-refractivity contribution in [1.82, 2.24) is 15.5 Å². The first-order valence-electron chi connectivity index (χ1n) is 7.75. The summed E-state index contributed by atoms with van der Waals surface area (Å²) in [4.78, 5) is 27.0. The lowest BCUT2D eigenvalue weighted by Crippen LogP contribution is -2.49. The number of piperazine rings is 1. The van der Waals surface area contributed by atoms with Crippen LogP contribution in [0.25, 0.3) is 0 Å². The summed E-state index contributed by atoms with van der Waals surface area (Å²) in [6, 6.07) is 8.07. The normalized spacial score (nSPS) is 15.1. The predicted octanol–water partition coefficient (Wildman–Crippen LogP) is -0.321. The van der Waals surface area contributed by atoms with E-state index in [1.165, 1.54) is 12.7 Å². The van der Waals surface area contributed by atoms with Crippen molar-refractivity contribution >= 4 is 17.5 Å². The van der Waals surface area contributed by atoms with Crippen LogP contribution in [0.4, 0.5) is 5.69 Å². The molecular weight excluding hydrogens is 296 g/mol. The summed E-state index contributed by atoms with van der Waals surface area (Å²) in [5.41, 5.74) is 1.19. The zero-order valence-corrected chi connectivity index (χ0v) is 13.7. The van der Waals surface area contributed by atoms with Gasteiger partial charge in [-0.15, -0.1) is 0 Å². The lowest BCUT2D eigenvalue weighted by atomic mass is 10.2. The Bertz CT molecular complexity index is 525. The molecule has 2 amide bonds. The quantitative estimate of drug-likeness (QED) is 0.728. The van der Waals surface area contributed by atoms with Crippen LogP contribution >= 0.6 is 0 Å². The largest absolute Gasteiger partial charge is 0.497 e. The number of likely N-dealkylation sites (N-methyl/N-ethyl adjacent to an activating group) is 1. The highest BCUT2D eigenvalue weighted by Gasteiger charge is 2.17. The number of carbonyl (C=O) groups is 2. The van der Waals surface area contributed by atoms with E-state index in [0.717, 1.165) is 38.5 Å². The summed E-state index contributed by atoms with van der Waals surface area (Å²) in [6.45, 7) is 4.98. The van der Waals surface area contributed by atoms with E-state index in [2.05, 4.69) is 32.6 Å². The molecule has 1 aliphatic rings. The Morgan fingerprint density at radius 2 is 1.74 bits per heavy atom. The molecule has 0 aliphatic carbocycles. The molecule has 2 rings (SSSR count). The fourth-order valence-electron chi connectivity index (χ4n) is 2.54. The van der Waals surface area contributed by atoms with E-state index >= 15 is 0 Å². The maximum atomic E-state index is 11.3. The highest BCUT2D eigenvalue weighted by molar-refractivity contribution is 6.34. The summed E-state index contributed by atoms with van der Waals surface area (Å²) < 4.78 is 5.17. The molecular formula is C16H24N4O3. The van der Waals surface area contributed by atoms with Gasteiger partial charge in [-0.3, -0.25) is 14.5 Å². The van der Waals surface area contributed by atoms with Crippen LogP contribution in [0.5, 0.6) is 5.75 Å². The Morgan fingerprint density at radius 1 is 1.09 bits per heavy atom. The van der Waals surface area contributed by atoms with Crippen LogP contribution in [0.1, 0.15) is 0 Å². The molecule has 126 valence electrons. The maximum absolute atomic E-state index is 11.3. The van der Waals surface area contributed by atoms with Crippen LogP contribution < -0.4 is 20.3 Å². The standard InChI is InChI=1S/C16H24N4O3/c1-17-15(21)16(22)18-7-8-19-9-11-20(12-10-19)13-3-5-14(23-2)6-4-13/h3-6H,7-12H2,1-2H3,(H,17,21)(H,18,22). The van der Waals surface area contributed by atoms with Crippen molar-refractivity contribution in [1.29, 1.82) is 0 Å².